The molecule has 0 heterocycles. The lowest BCUT2D eigenvalue weighted by molar-refractivity contribution is -0.118. The number of anilines is 1. The van der Waals surface area contributed by atoms with Gasteiger partial charge in [-0.05, 0) is 83.1 Å². The summed E-state index contributed by atoms with van der Waals surface area (Å²) in [5.74, 6) is 1.01. The van der Waals surface area contributed by atoms with Crippen molar-refractivity contribution in [1.82, 2.24) is 5.43 Å². The van der Waals surface area contributed by atoms with Crippen LogP contribution in [0.4, 0.5) is 5.69 Å². The summed E-state index contributed by atoms with van der Waals surface area (Å²) in [5.41, 5.74) is 4.98. The van der Waals surface area contributed by atoms with E-state index in [9.17, 15) is 9.59 Å². The highest BCUT2D eigenvalue weighted by Crippen LogP contribution is 2.33. The number of halogens is 2. The van der Waals surface area contributed by atoms with E-state index in [1.54, 1.807) is 42.5 Å². The van der Waals surface area contributed by atoms with Crippen molar-refractivity contribution in [3.8, 4) is 23.0 Å². The molecule has 3 rings (SSSR count). The number of ether oxygens (including phenoxy) is 4. The van der Waals surface area contributed by atoms with Crippen molar-refractivity contribution in [2.45, 2.75) is 6.92 Å². The second-order valence-electron chi connectivity index (χ2n) is 7.60. The molecule has 0 aliphatic heterocycles. The fourth-order valence-corrected chi connectivity index (χ4v) is 4.13. The molecule has 194 valence electrons. The third-order valence-electron chi connectivity index (χ3n) is 5.08. The average Bonchev–Trinajstić information content (AvgIpc) is 2.89. The van der Waals surface area contributed by atoms with Crippen molar-refractivity contribution < 1.29 is 28.5 Å². The van der Waals surface area contributed by atoms with Gasteiger partial charge in [0.25, 0.3) is 11.8 Å². The number of aryl methyl sites for hydroxylation is 1. The van der Waals surface area contributed by atoms with E-state index in [0.717, 1.165) is 5.56 Å². The summed E-state index contributed by atoms with van der Waals surface area (Å²) in [6.07, 6.45) is 1.47. The van der Waals surface area contributed by atoms with Gasteiger partial charge in [-0.2, -0.15) is 5.10 Å². The lowest BCUT2D eigenvalue weighted by atomic mass is 10.2. The predicted octanol–water partition coefficient (Wildman–Crippen LogP) is 5.06. The molecule has 0 saturated carbocycles. The molecular formula is C26H25ClIN3O6. The van der Waals surface area contributed by atoms with Gasteiger partial charge in [0.15, 0.2) is 29.6 Å². The Hall–Kier alpha value is -3.51. The Morgan fingerprint density at radius 3 is 2.38 bits per heavy atom. The summed E-state index contributed by atoms with van der Waals surface area (Å²) < 4.78 is 22.3. The molecule has 0 aliphatic carbocycles. The Morgan fingerprint density at radius 1 is 0.973 bits per heavy atom. The van der Waals surface area contributed by atoms with Crippen molar-refractivity contribution in [2.24, 2.45) is 5.10 Å². The second-order valence-corrected chi connectivity index (χ2v) is 9.17. The molecule has 3 aromatic carbocycles. The third kappa shape index (κ3) is 7.49. The van der Waals surface area contributed by atoms with E-state index in [1.807, 2.05) is 13.0 Å². The second kappa shape index (κ2) is 13.2. The number of methoxy groups -OCH3 is 3. The zero-order valence-electron chi connectivity index (χ0n) is 20.6. The summed E-state index contributed by atoms with van der Waals surface area (Å²) in [6, 6.07) is 13.5. The molecule has 2 amide bonds. The van der Waals surface area contributed by atoms with Crippen molar-refractivity contribution in [3.05, 3.63) is 73.8 Å². The molecule has 0 spiro atoms. The minimum Gasteiger partial charge on any atom is -0.493 e. The monoisotopic (exact) mass is 637 g/mol. The molecule has 0 saturated heterocycles. The first kappa shape index (κ1) is 28.1. The number of rotatable bonds is 10. The molecule has 0 aromatic heterocycles. The normalized spacial score (nSPS) is 10.6. The van der Waals surface area contributed by atoms with Crippen LogP contribution in [-0.2, 0) is 4.79 Å². The fraction of sp³-hybridized carbons (Fsp3) is 0.192. The van der Waals surface area contributed by atoms with Crippen molar-refractivity contribution in [1.29, 1.82) is 0 Å². The molecule has 0 unspecified atom stereocenters. The Labute approximate surface area is 233 Å². The highest BCUT2D eigenvalue weighted by atomic mass is 127. The molecular weight excluding hydrogens is 613 g/mol. The van der Waals surface area contributed by atoms with Crippen molar-refractivity contribution >= 4 is 57.9 Å². The SMILES string of the molecule is COc1ccc(C(=O)N/N=C/c2cc(I)c(OCC(=O)Nc3ccc(C)c(Cl)c3)c(OC)c2)cc1OC. The van der Waals surface area contributed by atoms with Gasteiger partial charge in [-0.1, -0.05) is 17.7 Å². The summed E-state index contributed by atoms with van der Waals surface area (Å²) in [7, 11) is 4.50. The van der Waals surface area contributed by atoms with Crippen LogP contribution >= 0.6 is 34.2 Å². The lowest BCUT2D eigenvalue weighted by Gasteiger charge is -2.14. The minimum absolute atomic E-state index is 0.229. The van der Waals surface area contributed by atoms with E-state index in [4.69, 9.17) is 30.5 Å². The maximum atomic E-state index is 12.4. The molecule has 11 heteroatoms. The van der Waals surface area contributed by atoms with Gasteiger partial charge in [0, 0.05) is 16.3 Å². The number of hydrogen-bond acceptors (Lipinski definition) is 7. The minimum atomic E-state index is -0.417. The van der Waals surface area contributed by atoms with Crippen LogP contribution in [0.1, 0.15) is 21.5 Å². The van der Waals surface area contributed by atoms with E-state index >= 15 is 0 Å². The maximum absolute atomic E-state index is 12.4. The highest BCUT2D eigenvalue weighted by Gasteiger charge is 2.14. The first-order valence-corrected chi connectivity index (χ1v) is 12.3. The molecule has 0 aliphatic rings. The quantitative estimate of drug-likeness (QED) is 0.183. The highest BCUT2D eigenvalue weighted by molar-refractivity contribution is 14.1. The average molecular weight is 638 g/mol. The lowest BCUT2D eigenvalue weighted by Crippen LogP contribution is -2.20. The Balaban J connectivity index is 1.64. The molecule has 0 atom stereocenters. The number of hydrogen-bond donors (Lipinski definition) is 2. The van der Waals surface area contributed by atoms with Gasteiger partial charge in [-0.15, -0.1) is 0 Å². The Kier molecular flexibility index (Phi) is 9.98. The van der Waals surface area contributed by atoms with Crippen LogP contribution in [0.2, 0.25) is 5.02 Å². The molecule has 0 bridgehead atoms. The Bertz CT molecular complexity index is 1330. The standard InChI is InChI=1S/C26H25ClIN3O6/c1-15-5-7-18(12-19(15)27)30-24(32)14-37-25-20(28)9-16(10-23(25)36-4)13-29-31-26(33)17-6-8-21(34-2)22(11-17)35-3/h5-13H,14H2,1-4H3,(H,30,32)(H,31,33)/b29-13+. The third-order valence-corrected chi connectivity index (χ3v) is 6.29. The summed E-state index contributed by atoms with van der Waals surface area (Å²) in [5, 5.41) is 7.33. The molecule has 9 nitrogen and oxygen atoms in total. The zero-order valence-corrected chi connectivity index (χ0v) is 23.5. The van der Waals surface area contributed by atoms with E-state index in [0.29, 0.717) is 48.4 Å². The number of nitrogens with one attached hydrogen (secondary N) is 2. The smallest absolute Gasteiger partial charge is 0.271 e. The molecule has 0 radical (unpaired) electrons. The van der Waals surface area contributed by atoms with Crippen LogP contribution in [0.15, 0.2) is 53.6 Å². The first-order valence-electron chi connectivity index (χ1n) is 10.9. The van der Waals surface area contributed by atoms with Gasteiger partial charge in [-0.25, -0.2) is 5.43 Å². The number of hydrazone groups is 1. The number of carbonyl (C=O) groups excluding carboxylic acids is 2. The summed E-state index contributed by atoms with van der Waals surface area (Å²) in [6.45, 7) is 1.65. The van der Waals surface area contributed by atoms with E-state index in [2.05, 4.69) is 38.4 Å². The molecule has 3 aromatic rings. The van der Waals surface area contributed by atoms with Crippen LogP contribution in [0.25, 0.3) is 0 Å². The summed E-state index contributed by atoms with van der Waals surface area (Å²) >= 11 is 8.18. The van der Waals surface area contributed by atoms with Crippen molar-refractivity contribution in [3.63, 3.8) is 0 Å². The largest absolute Gasteiger partial charge is 0.493 e. The van der Waals surface area contributed by atoms with Gasteiger partial charge in [0.2, 0.25) is 0 Å². The number of nitrogens with zero attached hydrogens (tertiary/aromatic N) is 1. The van der Waals surface area contributed by atoms with Crippen LogP contribution in [0, 0.1) is 10.5 Å². The fourth-order valence-electron chi connectivity index (χ4n) is 3.17. The first-order chi connectivity index (χ1) is 17.7. The van der Waals surface area contributed by atoms with Crippen LogP contribution in [-0.4, -0.2) is 46.0 Å². The topological polar surface area (TPSA) is 107 Å². The van der Waals surface area contributed by atoms with E-state index in [1.165, 1.54) is 27.5 Å². The van der Waals surface area contributed by atoms with Crippen LogP contribution in [0.3, 0.4) is 0 Å². The summed E-state index contributed by atoms with van der Waals surface area (Å²) in [4.78, 5) is 24.8. The molecule has 37 heavy (non-hydrogen) atoms. The van der Waals surface area contributed by atoms with Gasteiger partial charge in [0.1, 0.15) is 0 Å². The van der Waals surface area contributed by atoms with Gasteiger partial charge in [0.05, 0.1) is 31.1 Å². The zero-order chi connectivity index (χ0) is 26.9. The van der Waals surface area contributed by atoms with Gasteiger partial charge >= 0.3 is 0 Å². The number of carbonyl (C=O) groups is 2. The maximum Gasteiger partial charge on any atom is 0.271 e. The molecule has 0 fully saturated rings. The van der Waals surface area contributed by atoms with E-state index in [-0.39, 0.29) is 12.5 Å². The number of benzene rings is 3. The Morgan fingerprint density at radius 2 is 1.70 bits per heavy atom. The van der Waals surface area contributed by atoms with Gasteiger partial charge in [-0.3, -0.25) is 9.59 Å². The van der Waals surface area contributed by atoms with Gasteiger partial charge < -0.3 is 24.3 Å². The van der Waals surface area contributed by atoms with Crippen LogP contribution in [0.5, 0.6) is 23.0 Å². The molecule has 2 N–H and O–H groups in total. The van der Waals surface area contributed by atoms with Crippen LogP contribution < -0.4 is 29.7 Å². The predicted molar refractivity (Wildman–Crippen MR) is 151 cm³/mol. The van der Waals surface area contributed by atoms with Crippen molar-refractivity contribution in [2.75, 3.05) is 33.3 Å². The van der Waals surface area contributed by atoms with E-state index < -0.39 is 5.91 Å². The number of amides is 2.